The van der Waals surface area contributed by atoms with Gasteiger partial charge in [-0.1, -0.05) is 25.0 Å². The summed E-state index contributed by atoms with van der Waals surface area (Å²) in [5.41, 5.74) is 0. The molecule has 0 heterocycles. The van der Waals surface area contributed by atoms with Gasteiger partial charge >= 0.3 is 0 Å². The largest absolute Gasteiger partial charge is 0.316 e. The molecule has 2 rings (SSSR count). The Labute approximate surface area is 107 Å². The number of hydrogen-bond donors (Lipinski definition) is 1. The lowest BCUT2D eigenvalue weighted by Crippen LogP contribution is -2.23. The summed E-state index contributed by atoms with van der Waals surface area (Å²) in [5, 5.41) is 3.47. The monoisotopic (exact) mass is 253 g/mol. The molecule has 1 aliphatic rings. The molecular formula is C14H20FNS. The Hall–Kier alpha value is -0.540. The molecule has 0 unspecified atom stereocenters. The molecule has 0 aromatic heterocycles. The van der Waals surface area contributed by atoms with Crippen molar-refractivity contribution in [2.45, 2.75) is 30.6 Å². The predicted octanol–water partition coefficient (Wildman–Crippen LogP) is 3.70. The van der Waals surface area contributed by atoms with E-state index < -0.39 is 0 Å². The van der Waals surface area contributed by atoms with Gasteiger partial charge in [0.25, 0.3) is 0 Å². The van der Waals surface area contributed by atoms with E-state index in [1.807, 2.05) is 12.1 Å². The Morgan fingerprint density at radius 2 is 2.00 bits per heavy atom. The summed E-state index contributed by atoms with van der Waals surface area (Å²) in [6, 6.07) is 6.99. The SMILES string of the molecule is Fc1ccccc1SCCNCC1CCCC1. The Bertz CT molecular complexity index is 337. The maximum atomic E-state index is 13.3. The minimum atomic E-state index is -0.103. The second-order valence-corrected chi connectivity index (χ2v) is 5.77. The molecule has 0 saturated heterocycles. The minimum Gasteiger partial charge on any atom is -0.316 e. The van der Waals surface area contributed by atoms with E-state index in [1.165, 1.54) is 31.7 Å². The summed E-state index contributed by atoms with van der Waals surface area (Å²) < 4.78 is 13.3. The topological polar surface area (TPSA) is 12.0 Å². The Balaban J connectivity index is 1.58. The van der Waals surface area contributed by atoms with Crippen LogP contribution in [0.1, 0.15) is 25.7 Å². The molecular weight excluding hydrogens is 233 g/mol. The Kier molecular flexibility index (Phi) is 5.33. The number of benzene rings is 1. The molecule has 17 heavy (non-hydrogen) atoms. The molecule has 1 nitrogen and oxygen atoms in total. The molecule has 1 fully saturated rings. The van der Waals surface area contributed by atoms with Crippen LogP contribution in [-0.4, -0.2) is 18.8 Å². The predicted molar refractivity (Wildman–Crippen MR) is 72.0 cm³/mol. The number of halogens is 1. The van der Waals surface area contributed by atoms with Crippen LogP contribution in [-0.2, 0) is 0 Å². The normalized spacial score (nSPS) is 16.5. The van der Waals surface area contributed by atoms with Crippen molar-refractivity contribution < 1.29 is 4.39 Å². The highest BCUT2D eigenvalue weighted by Gasteiger charge is 2.13. The lowest BCUT2D eigenvalue weighted by Gasteiger charge is -2.10. The zero-order valence-corrected chi connectivity index (χ0v) is 10.9. The van der Waals surface area contributed by atoms with Gasteiger partial charge in [0.1, 0.15) is 5.82 Å². The first kappa shape index (κ1) is 12.9. The molecule has 1 aromatic rings. The fraction of sp³-hybridized carbons (Fsp3) is 0.571. The molecule has 1 aliphatic carbocycles. The zero-order valence-electron chi connectivity index (χ0n) is 10.1. The molecule has 1 N–H and O–H groups in total. The Morgan fingerprint density at radius 3 is 2.76 bits per heavy atom. The van der Waals surface area contributed by atoms with Crippen LogP contribution in [0.4, 0.5) is 4.39 Å². The Morgan fingerprint density at radius 1 is 1.24 bits per heavy atom. The lowest BCUT2D eigenvalue weighted by atomic mass is 10.1. The second kappa shape index (κ2) is 7.02. The van der Waals surface area contributed by atoms with Crippen LogP contribution in [0.5, 0.6) is 0 Å². The van der Waals surface area contributed by atoms with Crippen molar-refractivity contribution in [3.8, 4) is 0 Å². The van der Waals surface area contributed by atoms with Gasteiger partial charge < -0.3 is 5.32 Å². The van der Waals surface area contributed by atoms with E-state index >= 15 is 0 Å². The standard InChI is InChI=1S/C14H20FNS/c15-13-7-3-4-8-14(13)17-10-9-16-11-12-5-1-2-6-12/h3-4,7-8,12,16H,1-2,5-6,9-11H2. The summed E-state index contributed by atoms with van der Waals surface area (Å²) >= 11 is 1.59. The number of hydrogen-bond acceptors (Lipinski definition) is 2. The lowest BCUT2D eigenvalue weighted by molar-refractivity contribution is 0.500. The first-order valence-corrected chi connectivity index (χ1v) is 7.43. The average Bonchev–Trinajstić information content (AvgIpc) is 2.84. The van der Waals surface area contributed by atoms with E-state index in [0.717, 1.165) is 29.7 Å². The van der Waals surface area contributed by atoms with E-state index in [9.17, 15) is 4.39 Å². The first-order valence-electron chi connectivity index (χ1n) is 6.44. The summed E-state index contributed by atoms with van der Waals surface area (Å²) in [4.78, 5) is 0.759. The summed E-state index contributed by atoms with van der Waals surface area (Å²) in [5.74, 6) is 1.72. The van der Waals surface area contributed by atoms with Crippen LogP contribution < -0.4 is 5.32 Å². The molecule has 0 spiro atoms. The van der Waals surface area contributed by atoms with Crippen molar-refractivity contribution in [2.75, 3.05) is 18.8 Å². The van der Waals surface area contributed by atoms with Gasteiger partial charge in [0.2, 0.25) is 0 Å². The maximum absolute atomic E-state index is 13.3. The number of nitrogens with one attached hydrogen (secondary N) is 1. The van der Waals surface area contributed by atoms with Crippen LogP contribution in [0.25, 0.3) is 0 Å². The minimum absolute atomic E-state index is 0.103. The molecule has 1 aromatic carbocycles. The highest BCUT2D eigenvalue weighted by molar-refractivity contribution is 7.99. The summed E-state index contributed by atoms with van der Waals surface area (Å²) in [7, 11) is 0. The quantitative estimate of drug-likeness (QED) is 0.613. The zero-order chi connectivity index (χ0) is 11.9. The van der Waals surface area contributed by atoms with Gasteiger partial charge in [-0.3, -0.25) is 0 Å². The molecule has 0 radical (unpaired) electrons. The number of thioether (sulfide) groups is 1. The summed E-state index contributed by atoms with van der Waals surface area (Å²) in [6.07, 6.45) is 5.56. The molecule has 3 heteroatoms. The van der Waals surface area contributed by atoms with Crippen molar-refractivity contribution >= 4 is 11.8 Å². The third-order valence-corrected chi connectivity index (χ3v) is 4.33. The van der Waals surface area contributed by atoms with Crippen molar-refractivity contribution in [1.82, 2.24) is 5.32 Å². The molecule has 0 amide bonds. The van der Waals surface area contributed by atoms with Crippen LogP contribution in [0, 0.1) is 11.7 Å². The molecule has 0 aliphatic heterocycles. The van der Waals surface area contributed by atoms with Crippen molar-refractivity contribution in [1.29, 1.82) is 0 Å². The third-order valence-electron chi connectivity index (χ3n) is 3.28. The van der Waals surface area contributed by atoms with Crippen LogP contribution >= 0.6 is 11.8 Å². The molecule has 0 atom stereocenters. The smallest absolute Gasteiger partial charge is 0.136 e. The van der Waals surface area contributed by atoms with Gasteiger partial charge in [-0.15, -0.1) is 11.8 Å². The first-order chi connectivity index (χ1) is 8.36. The van der Waals surface area contributed by atoms with E-state index in [4.69, 9.17) is 0 Å². The van der Waals surface area contributed by atoms with E-state index in [2.05, 4.69) is 5.32 Å². The summed E-state index contributed by atoms with van der Waals surface area (Å²) in [6.45, 7) is 2.10. The van der Waals surface area contributed by atoms with Gasteiger partial charge in [-0.05, 0) is 37.4 Å². The maximum Gasteiger partial charge on any atom is 0.136 e. The van der Waals surface area contributed by atoms with E-state index in [0.29, 0.717) is 0 Å². The van der Waals surface area contributed by atoms with Crippen molar-refractivity contribution in [3.05, 3.63) is 30.1 Å². The number of rotatable bonds is 6. The fourth-order valence-electron chi connectivity index (χ4n) is 2.32. The van der Waals surface area contributed by atoms with E-state index in [-0.39, 0.29) is 5.82 Å². The van der Waals surface area contributed by atoms with Gasteiger partial charge in [-0.2, -0.15) is 0 Å². The van der Waals surface area contributed by atoms with Gasteiger partial charge in [0, 0.05) is 17.2 Å². The highest BCUT2D eigenvalue weighted by Crippen LogP contribution is 2.24. The third kappa shape index (κ3) is 4.32. The molecule has 0 bridgehead atoms. The van der Waals surface area contributed by atoms with Gasteiger partial charge in [0.05, 0.1) is 0 Å². The van der Waals surface area contributed by atoms with Crippen molar-refractivity contribution in [3.63, 3.8) is 0 Å². The average molecular weight is 253 g/mol. The highest BCUT2D eigenvalue weighted by atomic mass is 32.2. The second-order valence-electron chi connectivity index (χ2n) is 4.63. The van der Waals surface area contributed by atoms with Crippen LogP contribution in [0.15, 0.2) is 29.2 Å². The van der Waals surface area contributed by atoms with Gasteiger partial charge in [-0.25, -0.2) is 4.39 Å². The van der Waals surface area contributed by atoms with Crippen molar-refractivity contribution in [2.24, 2.45) is 5.92 Å². The van der Waals surface area contributed by atoms with Crippen LogP contribution in [0.3, 0.4) is 0 Å². The van der Waals surface area contributed by atoms with E-state index in [1.54, 1.807) is 17.8 Å². The van der Waals surface area contributed by atoms with Crippen LogP contribution in [0.2, 0.25) is 0 Å². The molecule has 94 valence electrons. The molecule has 1 saturated carbocycles. The fourth-order valence-corrected chi connectivity index (χ4v) is 3.16. The van der Waals surface area contributed by atoms with Gasteiger partial charge in [0.15, 0.2) is 0 Å².